The van der Waals surface area contributed by atoms with Gasteiger partial charge in [-0.2, -0.15) is 13.2 Å². The number of ketones is 1. The van der Waals surface area contributed by atoms with E-state index in [0.717, 1.165) is 29.7 Å². The van der Waals surface area contributed by atoms with Gasteiger partial charge < -0.3 is 9.47 Å². The highest BCUT2D eigenvalue weighted by Gasteiger charge is 2.47. The highest BCUT2D eigenvalue weighted by atomic mass is 35.5. The van der Waals surface area contributed by atoms with Gasteiger partial charge in [-0.05, 0) is 125 Å². The third kappa shape index (κ3) is 9.89. The van der Waals surface area contributed by atoms with E-state index >= 15 is 0 Å². The van der Waals surface area contributed by atoms with E-state index in [4.69, 9.17) is 32.7 Å². The fourth-order valence-corrected chi connectivity index (χ4v) is 6.04. The molecule has 2 atom stereocenters. The van der Waals surface area contributed by atoms with E-state index < -0.39 is 41.1 Å². The number of Topliss-reactive ketones (excluding diaryl/α,β-unsaturated/α-hetero) is 1. The minimum atomic E-state index is -5.12. The number of hydrogen-bond acceptors (Lipinski definition) is 5. The summed E-state index contributed by atoms with van der Waals surface area (Å²) >= 11 is 12.4. The zero-order valence-electron chi connectivity index (χ0n) is 29.0. The fraction of sp³-hybridized carbons (Fsp3) is 0.350. The number of carbonyl (C=O) groups is 2. The summed E-state index contributed by atoms with van der Waals surface area (Å²) in [6.45, 7) is 9.49. The van der Waals surface area contributed by atoms with Crippen LogP contribution < -0.4 is 4.74 Å². The number of aryl methyl sites for hydroxylation is 1. The third-order valence-electron chi connectivity index (χ3n) is 8.76. The number of hydrogen-bond donors (Lipinski definition) is 0. The van der Waals surface area contributed by atoms with Crippen LogP contribution in [0.15, 0.2) is 97.1 Å². The van der Waals surface area contributed by atoms with Crippen molar-refractivity contribution in [1.29, 1.82) is 0 Å². The zero-order chi connectivity index (χ0) is 36.9. The molecule has 0 aliphatic carbocycles. The van der Waals surface area contributed by atoms with E-state index in [9.17, 15) is 22.8 Å². The van der Waals surface area contributed by atoms with Crippen LogP contribution in [0.3, 0.4) is 0 Å². The van der Waals surface area contributed by atoms with Gasteiger partial charge in [0.15, 0.2) is 6.10 Å². The standard InChI is InChI=1S/C40H42Cl2F3NO4/c1-26(28-10-7-11-29(25-28)37(48)50-38(2,3)4)35(36(47)40(43,44)45)49-34-22-12-27(13-23-34)9-8-24-46(6)39(5,30-14-18-32(41)19-15-30)31-16-20-33(42)21-17-31/h7,10-23,25-26,35H,8-9,24H2,1-6H3. The molecule has 0 aliphatic rings. The summed E-state index contributed by atoms with van der Waals surface area (Å²) < 4.78 is 52.4. The maximum absolute atomic E-state index is 13.8. The molecular formula is C40H42Cl2F3NO4. The van der Waals surface area contributed by atoms with Crippen molar-refractivity contribution < 1.29 is 32.2 Å². The molecule has 0 amide bonds. The molecule has 0 radical (unpaired) electrons. The van der Waals surface area contributed by atoms with Crippen LogP contribution in [0.1, 0.15) is 79.6 Å². The Hall–Kier alpha value is -3.85. The number of rotatable bonds is 13. The summed E-state index contributed by atoms with van der Waals surface area (Å²) in [5, 5.41) is 1.30. The number of halogens is 5. The molecule has 0 aromatic heterocycles. The first-order valence-electron chi connectivity index (χ1n) is 16.3. The number of esters is 1. The van der Waals surface area contributed by atoms with Crippen LogP contribution in [-0.4, -0.2) is 48.1 Å². The van der Waals surface area contributed by atoms with Crippen LogP contribution in [-0.2, 0) is 21.5 Å². The van der Waals surface area contributed by atoms with E-state index in [1.807, 2.05) is 48.5 Å². The largest absolute Gasteiger partial charge is 0.482 e. The Labute approximate surface area is 302 Å². The first-order valence-corrected chi connectivity index (χ1v) is 17.1. The Balaban J connectivity index is 1.47. The minimum absolute atomic E-state index is 0.127. The predicted molar refractivity (Wildman–Crippen MR) is 192 cm³/mol. The average Bonchev–Trinajstić information content (AvgIpc) is 3.06. The van der Waals surface area contributed by atoms with E-state index in [1.165, 1.54) is 19.1 Å². The summed E-state index contributed by atoms with van der Waals surface area (Å²) in [6, 6.07) is 28.3. The van der Waals surface area contributed by atoms with Gasteiger partial charge in [0.1, 0.15) is 11.4 Å². The number of carbonyl (C=O) groups excluding carboxylic acids is 2. The molecule has 2 unspecified atom stereocenters. The fourth-order valence-electron chi connectivity index (χ4n) is 5.79. The summed E-state index contributed by atoms with van der Waals surface area (Å²) in [5.74, 6) is -3.53. The van der Waals surface area contributed by atoms with Gasteiger partial charge in [-0.3, -0.25) is 9.69 Å². The topological polar surface area (TPSA) is 55.8 Å². The van der Waals surface area contributed by atoms with Gasteiger partial charge in [0.2, 0.25) is 0 Å². The minimum Gasteiger partial charge on any atom is -0.482 e. The van der Waals surface area contributed by atoms with Crippen molar-refractivity contribution in [2.75, 3.05) is 13.6 Å². The maximum Gasteiger partial charge on any atom is 0.453 e. The molecule has 5 nitrogen and oxygen atoms in total. The molecule has 10 heteroatoms. The van der Waals surface area contributed by atoms with Gasteiger partial charge >= 0.3 is 12.1 Å². The van der Waals surface area contributed by atoms with E-state index in [-0.39, 0.29) is 11.3 Å². The first-order chi connectivity index (χ1) is 23.4. The van der Waals surface area contributed by atoms with Crippen LogP contribution in [0.25, 0.3) is 0 Å². The zero-order valence-corrected chi connectivity index (χ0v) is 30.5. The average molecular weight is 729 g/mol. The highest BCUT2D eigenvalue weighted by Crippen LogP contribution is 2.36. The van der Waals surface area contributed by atoms with Crippen molar-refractivity contribution in [2.45, 2.75) is 76.8 Å². The lowest BCUT2D eigenvalue weighted by Crippen LogP contribution is -2.43. The van der Waals surface area contributed by atoms with Crippen LogP contribution in [0.5, 0.6) is 5.75 Å². The van der Waals surface area contributed by atoms with Gasteiger partial charge in [-0.1, -0.05) is 78.7 Å². The van der Waals surface area contributed by atoms with E-state index in [0.29, 0.717) is 22.0 Å². The lowest BCUT2D eigenvalue weighted by atomic mass is 9.83. The Morgan fingerprint density at radius 2 is 1.34 bits per heavy atom. The molecule has 0 N–H and O–H groups in total. The van der Waals surface area contributed by atoms with Crippen LogP contribution in [0, 0.1) is 0 Å². The predicted octanol–water partition coefficient (Wildman–Crippen LogP) is 10.5. The number of benzene rings is 4. The lowest BCUT2D eigenvalue weighted by Gasteiger charge is -2.40. The summed E-state index contributed by atoms with van der Waals surface area (Å²) in [4.78, 5) is 27.5. The molecule has 0 saturated carbocycles. The molecule has 4 aromatic carbocycles. The summed E-state index contributed by atoms with van der Waals surface area (Å²) in [5.41, 5.74) is 2.37. The molecule has 0 spiro atoms. The number of nitrogens with zero attached hydrogens (tertiary/aromatic N) is 1. The Morgan fingerprint density at radius 1 is 0.800 bits per heavy atom. The van der Waals surface area contributed by atoms with E-state index in [2.05, 4.69) is 18.9 Å². The molecule has 50 heavy (non-hydrogen) atoms. The molecule has 4 aromatic rings. The Morgan fingerprint density at radius 3 is 1.84 bits per heavy atom. The second kappa shape index (κ2) is 16.0. The molecule has 0 aliphatic heterocycles. The van der Waals surface area contributed by atoms with E-state index in [1.54, 1.807) is 57.2 Å². The van der Waals surface area contributed by atoms with Crippen molar-refractivity contribution in [1.82, 2.24) is 4.90 Å². The van der Waals surface area contributed by atoms with Gasteiger partial charge in [0, 0.05) is 16.0 Å². The SMILES string of the molecule is CC(c1cccc(C(=O)OC(C)(C)C)c1)C(Oc1ccc(CCCN(C)C(C)(c2ccc(Cl)cc2)c2ccc(Cl)cc2)cc1)C(=O)C(F)(F)F. The molecule has 0 bridgehead atoms. The highest BCUT2D eigenvalue weighted by molar-refractivity contribution is 6.30. The molecule has 0 fully saturated rings. The molecular weight excluding hydrogens is 686 g/mol. The third-order valence-corrected chi connectivity index (χ3v) is 9.26. The summed E-state index contributed by atoms with van der Waals surface area (Å²) in [6.07, 6.45) is -5.52. The van der Waals surface area contributed by atoms with Gasteiger partial charge in [-0.15, -0.1) is 0 Å². The van der Waals surface area contributed by atoms with Crippen molar-refractivity contribution in [3.05, 3.63) is 135 Å². The smallest absolute Gasteiger partial charge is 0.453 e. The van der Waals surface area contributed by atoms with Gasteiger partial charge in [0.25, 0.3) is 5.78 Å². The molecule has 0 heterocycles. The second-order valence-electron chi connectivity index (χ2n) is 13.6. The van der Waals surface area contributed by atoms with Crippen molar-refractivity contribution >= 4 is 35.0 Å². The Kier molecular flexibility index (Phi) is 12.5. The van der Waals surface area contributed by atoms with Gasteiger partial charge in [0.05, 0.1) is 11.1 Å². The van der Waals surface area contributed by atoms with Crippen molar-refractivity contribution in [3.8, 4) is 5.75 Å². The van der Waals surface area contributed by atoms with Crippen LogP contribution in [0.4, 0.5) is 13.2 Å². The summed E-state index contributed by atoms with van der Waals surface area (Å²) in [7, 11) is 2.06. The number of ether oxygens (including phenoxy) is 2. The Bertz CT molecular complexity index is 1710. The first kappa shape index (κ1) is 38.9. The second-order valence-corrected chi connectivity index (χ2v) is 14.4. The van der Waals surface area contributed by atoms with Gasteiger partial charge in [-0.25, -0.2) is 4.79 Å². The monoisotopic (exact) mass is 727 g/mol. The number of alkyl halides is 3. The maximum atomic E-state index is 13.8. The normalized spacial score (nSPS) is 13.5. The van der Waals surface area contributed by atoms with Crippen LogP contribution in [0.2, 0.25) is 10.0 Å². The molecule has 266 valence electrons. The van der Waals surface area contributed by atoms with Crippen LogP contribution >= 0.6 is 23.2 Å². The van der Waals surface area contributed by atoms with Crippen molar-refractivity contribution in [2.24, 2.45) is 0 Å². The lowest BCUT2D eigenvalue weighted by molar-refractivity contribution is -0.179. The molecule has 0 saturated heterocycles. The molecule has 4 rings (SSSR count). The quantitative estimate of drug-likeness (QED) is 0.128. The van der Waals surface area contributed by atoms with Crippen molar-refractivity contribution in [3.63, 3.8) is 0 Å².